The summed E-state index contributed by atoms with van der Waals surface area (Å²) in [6.07, 6.45) is -1.57. The fraction of sp³-hybridized carbons (Fsp3) is 0.0800. The zero-order chi connectivity index (χ0) is 26.2. The number of aromatic nitrogens is 3. The standard InChI is InChI=1S/C25H17ClF3N5O3/c1-34-20(21-6-3-9-36-21)12-19-22(34)23(31-13-30-19)37-16-7-8-18(17(26)11-16)33-24(35)32-15-5-2-4-14(10-15)25(27,28)29/h2-13H,1H3,(H2,32,33,35). The van der Waals surface area contributed by atoms with Crippen LogP contribution in [0.15, 0.2) is 77.7 Å². The summed E-state index contributed by atoms with van der Waals surface area (Å²) < 4.78 is 52.0. The molecule has 0 fully saturated rings. The lowest BCUT2D eigenvalue weighted by molar-refractivity contribution is -0.137. The van der Waals surface area contributed by atoms with Crippen molar-refractivity contribution in [3.63, 3.8) is 0 Å². The number of carbonyl (C=O) groups excluding carboxylic acids is 1. The lowest BCUT2D eigenvalue weighted by Crippen LogP contribution is -2.20. The van der Waals surface area contributed by atoms with Crippen molar-refractivity contribution < 1.29 is 27.1 Å². The average molecular weight is 528 g/mol. The fourth-order valence-electron chi connectivity index (χ4n) is 3.71. The summed E-state index contributed by atoms with van der Waals surface area (Å²) in [6.45, 7) is 0. The Morgan fingerprint density at radius 3 is 2.62 bits per heavy atom. The number of aryl methyl sites for hydroxylation is 1. The number of halogens is 4. The van der Waals surface area contributed by atoms with Gasteiger partial charge in [-0.15, -0.1) is 0 Å². The molecular weight excluding hydrogens is 511 g/mol. The third kappa shape index (κ3) is 5.07. The third-order valence-corrected chi connectivity index (χ3v) is 5.72. The molecule has 37 heavy (non-hydrogen) atoms. The summed E-state index contributed by atoms with van der Waals surface area (Å²) in [5.74, 6) is 1.28. The number of ether oxygens (including phenoxy) is 1. The van der Waals surface area contributed by atoms with E-state index in [1.807, 2.05) is 23.7 Å². The molecule has 0 aliphatic carbocycles. The van der Waals surface area contributed by atoms with Gasteiger partial charge in [-0.05, 0) is 48.5 Å². The molecule has 2 N–H and O–H groups in total. The summed E-state index contributed by atoms with van der Waals surface area (Å²) in [6, 6.07) is 13.5. The molecule has 0 aliphatic rings. The van der Waals surface area contributed by atoms with Gasteiger partial charge in [-0.25, -0.2) is 9.78 Å². The first-order valence-electron chi connectivity index (χ1n) is 10.8. The summed E-state index contributed by atoms with van der Waals surface area (Å²) in [4.78, 5) is 20.9. The minimum Gasteiger partial charge on any atom is -0.463 e. The number of fused-ring (bicyclic) bond motifs is 1. The second-order valence-corrected chi connectivity index (χ2v) is 8.29. The molecule has 0 spiro atoms. The van der Waals surface area contributed by atoms with Gasteiger partial charge in [0.05, 0.1) is 33.7 Å². The maximum absolute atomic E-state index is 12.9. The van der Waals surface area contributed by atoms with E-state index < -0.39 is 17.8 Å². The highest BCUT2D eigenvalue weighted by molar-refractivity contribution is 6.34. The van der Waals surface area contributed by atoms with Crippen LogP contribution in [0.2, 0.25) is 5.02 Å². The minimum absolute atomic E-state index is 0.0207. The molecule has 0 bridgehead atoms. The van der Waals surface area contributed by atoms with E-state index in [-0.39, 0.29) is 22.3 Å². The Kier molecular flexibility index (Phi) is 6.22. The number of alkyl halides is 3. The predicted molar refractivity (Wildman–Crippen MR) is 132 cm³/mol. The number of anilines is 2. The van der Waals surface area contributed by atoms with Crippen LogP contribution < -0.4 is 15.4 Å². The SMILES string of the molecule is Cn1c(-c2ccco2)cc2ncnc(Oc3ccc(NC(=O)Nc4cccc(C(F)(F)F)c4)c(Cl)c3)c21. The van der Waals surface area contributed by atoms with Crippen LogP contribution in [0.3, 0.4) is 0 Å². The summed E-state index contributed by atoms with van der Waals surface area (Å²) in [5.41, 5.74) is 1.40. The molecule has 0 unspecified atom stereocenters. The largest absolute Gasteiger partial charge is 0.463 e. The highest BCUT2D eigenvalue weighted by Crippen LogP contribution is 2.35. The molecule has 0 atom stereocenters. The summed E-state index contributed by atoms with van der Waals surface area (Å²) in [7, 11) is 1.83. The van der Waals surface area contributed by atoms with E-state index in [1.54, 1.807) is 18.4 Å². The van der Waals surface area contributed by atoms with Crippen LogP contribution >= 0.6 is 11.6 Å². The Morgan fingerprint density at radius 2 is 1.89 bits per heavy atom. The number of urea groups is 1. The van der Waals surface area contributed by atoms with E-state index >= 15 is 0 Å². The molecular formula is C25H17ClF3N5O3. The van der Waals surface area contributed by atoms with Crippen LogP contribution in [0.25, 0.3) is 22.5 Å². The molecule has 188 valence electrons. The molecule has 0 aliphatic heterocycles. The van der Waals surface area contributed by atoms with Gasteiger partial charge in [0.15, 0.2) is 0 Å². The minimum atomic E-state index is -4.53. The lowest BCUT2D eigenvalue weighted by Gasteiger charge is -2.12. The second kappa shape index (κ2) is 9.51. The van der Waals surface area contributed by atoms with E-state index in [4.69, 9.17) is 20.8 Å². The average Bonchev–Trinajstić information content (AvgIpc) is 3.49. The number of nitrogens with zero attached hydrogens (tertiary/aromatic N) is 3. The normalized spacial score (nSPS) is 11.5. The van der Waals surface area contributed by atoms with Crippen molar-refractivity contribution in [2.24, 2.45) is 7.05 Å². The zero-order valence-electron chi connectivity index (χ0n) is 19.0. The molecule has 2 amide bonds. The molecule has 3 aromatic heterocycles. The maximum Gasteiger partial charge on any atom is 0.416 e. The van der Waals surface area contributed by atoms with Crippen LogP contribution in [0, 0.1) is 0 Å². The Hall–Kier alpha value is -4.51. The van der Waals surface area contributed by atoms with E-state index in [9.17, 15) is 18.0 Å². The quantitative estimate of drug-likeness (QED) is 0.249. The van der Waals surface area contributed by atoms with E-state index in [2.05, 4.69) is 20.6 Å². The van der Waals surface area contributed by atoms with Gasteiger partial charge in [0.25, 0.3) is 0 Å². The maximum atomic E-state index is 12.9. The highest BCUT2D eigenvalue weighted by atomic mass is 35.5. The first kappa shape index (κ1) is 24.2. The van der Waals surface area contributed by atoms with Crippen molar-refractivity contribution >= 4 is 40.0 Å². The van der Waals surface area contributed by atoms with Crippen LogP contribution in [-0.2, 0) is 13.2 Å². The number of nitrogens with one attached hydrogen (secondary N) is 2. The fourth-order valence-corrected chi connectivity index (χ4v) is 3.93. The van der Waals surface area contributed by atoms with Gasteiger partial charge in [0.1, 0.15) is 23.4 Å². The van der Waals surface area contributed by atoms with Gasteiger partial charge in [-0.2, -0.15) is 18.2 Å². The number of furan rings is 1. The van der Waals surface area contributed by atoms with Crippen molar-refractivity contribution in [1.29, 1.82) is 0 Å². The topological polar surface area (TPSA) is 94.2 Å². The summed E-state index contributed by atoms with van der Waals surface area (Å²) in [5, 5.41) is 5.01. The van der Waals surface area contributed by atoms with Crippen molar-refractivity contribution in [2.45, 2.75) is 6.18 Å². The molecule has 5 aromatic rings. The first-order chi connectivity index (χ1) is 17.7. The van der Waals surface area contributed by atoms with Gasteiger partial charge < -0.3 is 24.4 Å². The molecule has 8 nitrogen and oxygen atoms in total. The summed E-state index contributed by atoms with van der Waals surface area (Å²) >= 11 is 6.33. The van der Waals surface area contributed by atoms with Crippen molar-refractivity contribution in [2.75, 3.05) is 10.6 Å². The molecule has 0 saturated carbocycles. The number of benzene rings is 2. The molecule has 0 saturated heterocycles. The number of carbonyl (C=O) groups is 1. The Balaban J connectivity index is 1.32. The van der Waals surface area contributed by atoms with Crippen molar-refractivity contribution in [1.82, 2.24) is 14.5 Å². The van der Waals surface area contributed by atoms with Crippen LogP contribution in [-0.4, -0.2) is 20.6 Å². The van der Waals surface area contributed by atoms with Crippen molar-refractivity contribution in [3.8, 4) is 23.1 Å². The van der Waals surface area contributed by atoms with E-state index in [1.165, 1.54) is 30.6 Å². The van der Waals surface area contributed by atoms with Crippen LogP contribution in [0.4, 0.5) is 29.3 Å². The van der Waals surface area contributed by atoms with Gasteiger partial charge >= 0.3 is 12.2 Å². The highest BCUT2D eigenvalue weighted by Gasteiger charge is 2.30. The second-order valence-electron chi connectivity index (χ2n) is 7.88. The Morgan fingerprint density at radius 1 is 1.05 bits per heavy atom. The molecule has 3 heterocycles. The van der Waals surface area contributed by atoms with Gasteiger partial charge in [0.2, 0.25) is 5.88 Å². The smallest absolute Gasteiger partial charge is 0.416 e. The Labute approximate surface area is 212 Å². The Bertz CT molecular complexity index is 1600. The predicted octanol–water partition coefficient (Wildman–Crippen LogP) is 7.34. The van der Waals surface area contributed by atoms with Gasteiger partial charge in [-0.1, -0.05) is 17.7 Å². The number of rotatable bonds is 5. The third-order valence-electron chi connectivity index (χ3n) is 5.41. The van der Waals surface area contributed by atoms with E-state index in [0.717, 1.165) is 17.8 Å². The van der Waals surface area contributed by atoms with Gasteiger partial charge in [0, 0.05) is 18.8 Å². The first-order valence-corrected chi connectivity index (χ1v) is 11.1. The molecule has 5 rings (SSSR count). The van der Waals surface area contributed by atoms with E-state index in [0.29, 0.717) is 22.5 Å². The lowest BCUT2D eigenvalue weighted by atomic mass is 10.2. The molecule has 0 radical (unpaired) electrons. The van der Waals surface area contributed by atoms with Crippen LogP contribution in [0.1, 0.15) is 5.56 Å². The van der Waals surface area contributed by atoms with Gasteiger partial charge in [-0.3, -0.25) is 0 Å². The number of amides is 2. The van der Waals surface area contributed by atoms with Crippen LogP contribution in [0.5, 0.6) is 11.6 Å². The number of hydrogen-bond acceptors (Lipinski definition) is 5. The molecule has 2 aromatic carbocycles. The molecule has 12 heteroatoms. The zero-order valence-corrected chi connectivity index (χ0v) is 19.8. The monoisotopic (exact) mass is 527 g/mol. The number of hydrogen-bond donors (Lipinski definition) is 2. The van der Waals surface area contributed by atoms with Crippen molar-refractivity contribution in [3.05, 3.63) is 83.8 Å².